The number of alkyl halides is 3. The Morgan fingerprint density at radius 3 is 2.58 bits per heavy atom. The number of nitrogens with zero attached hydrogens (tertiary/aromatic N) is 1. The summed E-state index contributed by atoms with van der Waals surface area (Å²) in [6.45, 7) is 1.54. The number of aliphatic carboxylic acids is 1. The second-order valence-corrected chi connectivity index (χ2v) is 3.81. The van der Waals surface area contributed by atoms with Crippen molar-refractivity contribution >= 4 is 11.7 Å². The van der Waals surface area contributed by atoms with Crippen molar-refractivity contribution in [2.45, 2.75) is 25.6 Å². The topological polar surface area (TPSA) is 73.1 Å². The molecule has 102 valence electrons. The van der Waals surface area contributed by atoms with E-state index >= 15 is 0 Å². The maximum atomic E-state index is 12.8. The van der Waals surface area contributed by atoms with Crippen LogP contribution in [0.25, 0.3) is 0 Å². The van der Waals surface area contributed by atoms with Crippen molar-refractivity contribution in [2.24, 2.45) is 0 Å². The number of anilines is 1. The molecule has 0 radical (unpaired) electrons. The number of hydrogen-bond acceptors (Lipinski definition) is 3. The van der Waals surface area contributed by atoms with E-state index in [1.54, 1.807) is 13.0 Å². The first kappa shape index (κ1) is 14.8. The molecular formula is C12H11F3N2O2. The molecule has 1 rings (SSSR count). The number of benzene rings is 1. The zero-order valence-electron chi connectivity index (χ0n) is 9.95. The van der Waals surface area contributed by atoms with Crippen LogP contribution < -0.4 is 5.32 Å². The molecule has 1 atom stereocenters. The molecule has 2 N–H and O–H groups in total. The smallest absolute Gasteiger partial charge is 0.418 e. The van der Waals surface area contributed by atoms with Crippen LogP contribution in [-0.2, 0) is 11.0 Å². The predicted octanol–water partition coefficient (Wildman–Crippen LogP) is 2.85. The number of nitriles is 1. The second kappa shape index (κ2) is 5.61. The molecule has 0 heterocycles. The van der Waals surface area contributed by atoms with Gasteiger partial charge in [0, 0.05) is 5.69 Å². The molecule has 19 heavy (non-hydrogen) atoms. The van der Waals surface area contributed by atoms with Gasteiger partial charge in [-0.25, -0.2) is 4.79 Å². The summed E-state index contributed by atoms with van der Waals surface area (Å²) in [5, 5.41) is 19.8. The second-order valence-electron chi connectivity index (χ2n) is 3.81. The van der Waals surface area contributed by atoms with Gasteiger partial charge in [-0.15, -0.1) is 0 Å². The number of halogens is 3. The molecular weight excluding hydrogens is 261 g/mol. The number of carbonyl (C=O) groups is 1. The average Bonchev–Trinajstić information content (AvgIpc) is 2.34. The van der Waals surface area contributed by atoms with Crippen molar-refractivity contribution < 1.29 is 23.1 Å². The lowest BCUT2D eigenvalue weighted by Crippen LogP contribution is -2.29. The van der Waals surface area contributed by atoms with Crippen molar-refractivity contribution in [1.29, 1.82) is 5.26 Å². The normalized spacial score (nSPS) is 12.6. The summed E-state index contributed by atoms with van der Waals surface area (Å²) < 4.78 is 38.5. The average molecular weight is 272 g/mol. The summed E-state index contributed by atoms with van der Waals surface area (Å²) >= 11 is 0. The molecule has 4 nitrogen and oxygen atoms in total. The minimum absolute atomic E-state index is 0.132. The van der Waals surface area contributed by atoms with Gasteiger partial charge in [0.25, 0.3) is 0 Å². The van der Waals surface area contributed by atoms with Crippen LogP contribution in [0.3, 0.4) is 0 Å². The van der Waals surface area contributed by atoms with Gasteiger partial charge in [0.15, 0.2) is 0 Å². The van der Waals surface area contributed by atoms with Gasteiger partial charge in [0.1, 0.15) is 6.04 Å². The van der Waals surface area contributed by atoms with E-state index in [0.717, 1.165) is 6.07 Å². The summed E-state index contributed by atoms with van der Waals surface area (Å²) in [7, 11) is 0. The van der Waals surface area contributed by atoms with Gasteiger partial charge in [0.05, 0.1) is 17.2 Å². The van der Waals surface area contributed by atoms with Crippen molar-refractivity contribution in [3.63, 3.8) is 0 Å². The number of hydrogen-bond donors (Lipinski definition) is 2. The molecule has 0 aromatic heterocycles. The molecule has 0 aliphatic heterocycles. The zero-order valence-corrected chi connectivity index (χ0v) is 9.95. The monoisotopic (exact) mass is 272 g/mol. The predicted molar refractivity (Wildman–Crippen MR) is 61.5 cm³/mol. The standard InChI is InChI=1S/C12H11F3N2O2/c1-2-9(11(18)19)17-10-4-3-7(6-16)5-8(10)12(13,14)15/h3-5,9,17H,2H2,1H3,(H,18,19). The first-order valence-electron chi connectivity index (χ1n) is 5.40. The minimum Gasteiger partial charge on any atom is -0.480 e. The Hall–Kier alpha value is -2.23. The van der Waals surface area contributed by atoms with Crippen LogP contribution in [0.15, 0.2) is 18.2 Å². The highest BCUT2D eigenvalue weighted by molar-refractivity contribution is 5.77. The molecule has 1 unspecified atom stereocenters. The van der Waals surface area contributed by atoms with Crippen LogP contribution in [0.4, 0.5) is 18.9 Å². The fraction of sp³-hybridized carbons (Fsp3) is 0.333. The third-order valence-corrected chi connectivity index (χ3v) is 2.49. The Kier molecular flexibility index (Phi) is 4.38. The molecule has 7 heteroatoms. The van der Waals surface area contributed by atoms with Crippen molar-refractivity contribution in [1.82, 2.24) is 0 Å². The van der Waals surface area contributed by atoms with E-state index in [4.69, 9.17) is 10.4 Å². The fourth-order valence-corrected chi connectivity index (χ4v) is 1.50. The summed E-state index contributed by atoms with van der Waals surface area (Å²) in [5.74, 6) is -1.24. The van der Waals surface area contributed by atoms with Crippen LogP contribution in [0.5, 0.6) is 0 Å². The maximum absolute atomic E-state index is 12.8. The van der Waals surface area contributed by atoms with Gasteiger partial charge in [-0.05, 0) is 24.6 Å². The first-order valence-corrected chi connectivity index (χ1v) is 5.40. The Balaban J connectivity index is 3.21. The van der Waals surface area contributed by atoms with E-state index in [9.17, 15) is 18.0 Å². The molecule has 1 aromatic rings. The SMILES string of the molecule is CCC(Nc1ccc(C#N)cc1C(F)(F)F)C(=O)O. The molecule has 0 bridgehead atoms. The van der Waals surface area contributed by atoms with E-state index < -0.39 is 23.8 Å². The third kappa shape index (κ3) is 3.61. The van der Waals surface area contributed by atoms with Gasteiger partial charge < -0.3 is 10.4 Å². The molecule has 0 aliphatic rings. The van der Waals surface area contributed by atoms with Gasteiger partial charge in [-0.2, -0.15) is 18.4 Å². The Morgan fingerprint density at radius 2 is 2.16 bits per heavy atom. The highest BCUT2D eigenvalue weighted by Gasteiger charge is 2.34. The zero-order chi connectivity index (χ0) is 14.6. The van der Waals surface area contributed by atoms with Crippen LogP contribution in [0.1, 0.15) is 24.5 Å². The molecule has 1 aromatic carbocycles. The first-order chi connectivity index (χ1) is 8.79. The molecule has 0 fully saturated rings. The maximum Gasteiger partial charge on any atom is 0.418 e. The Labute approximate surface area is 107 Å². The highest BCUT2D eigenvalue weighted by atomic mass is 19.4. The van der Waals surface area contributed by atoms with Crippen molar-refractivity contribution in [2.75, 3.05) is 5.32 Å². The van der Waals surface area contributed by atoms with E-state index in [2.05, 4.69) is 5.32 Å². The molecule has 0 spiro atoms. The summed E-state index contributed by atoms with van der Waals surface area (Å²) in [6.07, 6.45) is -4.53. The molecule has 0 saturated carbocycles. The summed E-state index contributed by atoms with van der Waals surface area (Å²) in [5.41, 5.74) is -1.53. The lowest BCUT2D eigenvalue weighted by atomic mass is 10.1. The van der Waals surface area contributed by atoms with E-state index in [0.29, 0.717) is 6.07 Å². The van der Waals surface area contributed by atoms with E-state index in [-0.39, 0.29) is 17.7 Å². The van der Waals surface area contributed by atoms with Crippen LogP contribution >= 0.6 is 0 Å². The Morgan fingerprint density at radius 1 is 1.53 bits per heavy atom. The fourth-order valence-electron chi connectivity index (χ4n) is 1.50. The summed E-state index contributed by atoms with van der Waals surface area (Å²) in [6, 6.07) is 3.45. The van der Waals surface area contributed by atoms with E-state index in [1.165, 1.54) is 6.07 Å². The van der Waals surface area contributed by atoms with Crippen LogP contribution in [0.2, 0.25) is 0 Å². The lowest BCUT2D eigenvalue weighted by molar-refractivity contribution is -0.139. The van der Waals surface area contributed by atoms with Gasteiger partial charge in [0.2, 0.25) is 0 Å². The lowest BCUT2D eigenvalue weighted by Gasteiger charge is -2.18. The molecule has 0 saturated heterocycles. The number of carboxylic acid groups (broad SMARTS) is 1. The number of rotatable bonds is 4. The Bertz CT molecular complexity index is 521. The minimum atomic E-state index is -4.66. The van der Waals surface area contributed by atoms with Crippen molar-refractivity contribution in [3.8, 4) is 6.07 Å². The van der Waals surface area contributed by atoms with Gasteiger partial charge in [-0.3, -0.25) is 0 Å². The van der Waals surface area contributed by atoms with E-state index in [1.807, 2.05) is 0 Å². The largest absolute Gasteiger partial charge is 0.480 e. The summed E-state index contributed by atoms with van der Waals surface area (Å²) in [4.78, 5) is 10.8. The molecule has 0 aliphatic carbocycles. The number of carboxylic acids is 1. The molecule has 0 amide bonds. The van der Waals surface area contributed by atoms with Crippen LogP contribution in [-0.4, -0.2) is 17.1 Å². The third-order valence-electron chi connectivity index (χ3n) is 2.49. The van der Waals surface area contributed by atoms with Gasteiger partial charge >= 0.3 is 12.1 Å². The van der Waals surface area contributed by atoms with Gasteiger partial charge in [-0.1, -0.05) is 6.92 Å². The quantitative estimate of drug-likeness (QED) is 0.883. The van der Waals surface area contributed by atoms with Crippen LogP contribution in [0, 0.1) is 11.3 Å². The highest BCUT2D eigenvalue weighted by Crippen LogP contribution is 2.35. The van der Waals surface area contributed by atoms with Crippen molar-refractivity contribution in [3.05, 3.63) is 29.3 Å². The number of nitrogens with one attached hydrogen (secondary N) is 1.